The number of nitrogens with zero attached hydrogens (tertiary/aromatic N) is 3. The zero-order chi connectivity index (χ0) is 14.7. The minimum Gasteiger partial charge on any atom is -0.496 e. The Kier molecular flexibility index (Phi) is 4.06. The number of para-hydroxylation sites is 1. The summed E-state index contributed by atoms with van der Waals surface area (Å²) in [6.07, 6.45) is 2.62. The molecule has 0 atom stereocenters. The van der Waals surface area contributed by atoms with Crippen LogP contribution < -0.4 is 4.74 Å². The fourth-order valence-corrected chi connectivity index (χ4v) is 2.69. The number of aryl methyl sites for hydroxylation is 2. The molecule has 3 aromatic rings. The molecule has 0 radical (unpaired) electrons. The average molecular weight is 302 g/mol. The van der Waals surface area contributed by atoms with E-state index in [1.807, 2.05) is 30.3 Å². The third kappa shape index (κ3) is 2.72. The van der Waals surface area contributed by atoms with Crippen LogP contribution in [0.25, 0.3) is 11.2 Å². The number of halogens is 1. The summed E-state index contributed by atoms with van der Waals surface area (Å²) in [7, 11) is 1.69. The van der Waals surface area contributed by atoms with Crippen LogP contribution in [0.15, 0.2) is 42.6 Å². The summed E-state index contributed by atoms with van der Waals surface area (Å²) in [6, 6.07) is 11.9. The predicted octanol–water partition coefficient (Wildman–Crippen LogP) is 3.42. The summed E-state index contributed by atoms with van der Waals surface area (Å²) in [5.41, 5.74) is 2.93. The summed E-state index contributed by atoms with van der Waals surface area (Å²) < 4.78 is 7.47. The van der Waals surface area contributed by atoms with Gasteiger partial charge >= 0.3 is 0 Å². The Morgan fingerprint density at radius 1 is 1.19 bits per heavy atom. The van der Waals surface area contributed by atoms with E-state index in [1.165, 1.54) is 5.56 Å². The van der Waals surface area contributed by atoms with Crippen LogP contribution in [0.4, 0.5) is 0 Å². The Balaban J connectivity index is 1.91. The van der Waals surface area contributed by atoms with Gasteiger partial charge < -0.3 is 9.30 Å². The number of hydrogen-bond donors (Lipinski definition) is 0. The third-order valence-electron chi connectivity index (χ3n) is 3.50. The lowest BCUT2D eigenvalue weighted by Crippen LogP contribution is -2.06. The van der Waals surface area contributed by atoms with Crippen LogP contribution in [-0.2, 0) is 18.8 Å². The Hall–Kier alpha value is -2.07. The molecule has 0 saturated heterocycles. The fraction of sp³-hybridized carbons (Fsp3) is 0.250. The van der Waals surface area contributed by atoms with Crippen molar-refractivity contribution in [3.8, 4) is 5.75 Å². The molecule has 108 valence electrons. The summed E-state index contributed by atoms with van der Waals surface area (Å²) in [5.74, 6) is 2.13. The standard InChI is InChI=1S/C16H16ClN3O/c1-21-14-7-3-2-5-12(14)8-10-20-15(11-17)19-13-6-4-9-18-16(13)20/h2-7,9H,8,10-11H2,1H3. The van der Waals surface area contributed by atoms with Gasteiger partial charge in [0.15, 0.2) is 5.65 Å². The second-order valence-electron chi connectivity index (χ2n) is 4.72. The number of aromatic nitrogens is 3. The molecule has 5 heteroatoms. The monoisotopic (exact) mass is 301 g/mol. The number of hydrogen-bond acceptors (Lipinski definition) is 3. The highest BCUT2D eigenvalue weighted by Gasteiger charge is 2.11. The normalized spacial score (nSPS) is 11.0. The summed E-state index contributed by atoms with van der Waals surface area (Å²) in [5, 5.41) is 0. The van der Waals surface area contributed by atoms with Gasteiger partial charge in [0, 0.05) is 12.7 Å². The van der Waals surface area contributed by atoms with Crippen molar-refractivity contribution < 1.29 is 4.74 Å². The first-order chi connectivity index (χ1) is 10.3. The molecule has 0 N–H and O–H groups in total. The first-order valence-corrected chi connectivity index (χ1v) is 7.35. The molecule has 0 aliphatic carbocycles. The van der Waals surface area contributed by atoms with E-state index >= 15 is 0 Å². The highest BCUT2D eigenvalue weighted by molar-refractivity contribution is 6.16. The first-order valence-electron chi connectivity index (χ1n) is 6.81. The van der Waals surface area contributed by atoms with Gasteiger partial charge in [0.1, 0.15) is 17.1 Å². The summed E-state index contributed by atoms with van der Waals surface area (Å²) >= 11 is 6.01. The van der Waals surface area contributed by atoms with Gasteiger partial charge in [0.2, 0.25) is 0 Å². The molecule has 0 bridgehead atoms. The van der Waals surface area contributed by atoms with Gasteiger partial charge in [-0.2, -0.15) is 0 Å². The second kappa shape index (κ2) is 6.14. The average Bonchev–Trinajstić information content (AvgIpc) is 2.91. The van der Waals surface area contributed by atoms with Crippen molar-refractivity contribution in [1.29, 1.82) is 0 Å². The first kappa shape index (κ1) is 13.9. The van der Waals surface area contributed by atoms with Crippen LogP contribution in [0.2, 0.25) is 0 Å². The molecule has 1 aromatic carbocycles. The molecule has 0 aliphatic heterocycles. The van der Waals surface area contributed by atoms with Gasteiger partial charge in [-0.3, -0.25) is 0 Å². The van der Waals surface area contributed by atoms with Gasteiger partial charge in [-0.25, -0.2) is 9.97 Å². The van der Waals surface area contributed by atoms with E-state index in [9.17, 15) is 0 Å². The van der Waals surface area contributed by atoms with Gasteiger partial charge in [0.05, 0.1) is 13.0 Å². The number of benzene rings is 1. The predicted molar refractivity (Wildman–Crippen MR) is 83.8 cm³/mol. The second-order valence-corrected chi connectivity index (χ2v) is 4.99. The zero-order valence-corrected chi connectivity index (χ0v) is 12.5. The minimum absolute atomic E-state index is 0.377. The molecule has 0 spiro atoms. The molecular weight excluding hydrogens is 286 g/mol. The van der Waals surface area contributed by atoms with Crippen molar-refractivity contribution in [1.82, 2.24) is 14.5 Å². The van der Waals surface area contributed by atoms with Crippen LogP contribution >= 0.6 is 11.6 Å². The maximum absolute atomic E-state index is 6.01. The smallest absolute Gasteiger partial charge is 0.160 e. The Morgan fingerprint density at radius 2 is 2.05 bits per heavy atom. The molecule has 0 saturated carbocycles. The molecular formula is C16H16ClN3O. The maximum atomic E-state index is 6.01. The SMILES string of the molecule is COc1ccccc1CCn1c(CCl)nc2cccnc21. The van der Waals surface area contributed by atoms with Crippen LogP contribution in [0.1, 0.15) is 11.4 Å². The number of pyridine rings is 1. The lowest BCUT2D eigenvalue weighted by atomic mass is 10.1. The van der Waals surface area contributed by atoms with Gasteiger partial charge in [0.25, 0.3) is 0 Å². The van der Waals surface area contributed by atoms with Crippen molar-refractivity contribution in [2.45, 2.75) is 18.8 Å². The number of imidazole rings is 1. The van der Waals surface area contributed by atoms with Crippen molar-refractivity contribution in [2.75, 3.05) is 7.11 Å². The third-order valence-corrected chi connectivity index (χ3v) is 3.74. The molecule has 2 aromatic heterocycles. The highest BCUT2D eigenvalue weighted by Crippen LogP contribution is 2.20. The van der Waals surface area contributed by atoms with Crippen LogP contribution in [-0.4, -0.2) is 21.6 Å². The van der Waals surface area contributed by atoms with Crippen LogP contribution in [0.5, 0.6) is 5.75 Å². The van der Waals surface area contributed by atoms with Gasteiger partial charge in [-0.15, -0.1) is 11.6 Å². The molecule has 0 aliphatic rings. The lowest BCUT2D eigenvalue weighted by molar-refractivity contribution is 0.408. The van der Waals surface area contributed by atoms with Crippen LogP contribution in [0, 0.1) is 0 Å². The molecule has 0 unspecified atom stereocenters. The maximum Gasteiger partial charge on any atom is 0.160 e. The van der Waals surface area contributed by atoms with Crippen molar-refractivity contribution >= 4 is 22.8 Å². The molecule has 0 amide bonds. The van der Waals surface area contributed by atoms with Crippen molar-refractivity contribution in [3.05, 3.63) is 54.0 Å². The summed E-state index contributed by atoms with van der Waals surface area (Å²) in [6.45, 7) is 0.774. The van der Waals surface area contributed by atoms with Crippen molar-refractivity contribution in [3.63, 3.8) is 0 Å². The van der Waals surface area contributed by atoms with E-state index in [0.717, 1.165) is 35.7 Å². The van der Waals surface area contributed by atoms with Crippen LogP contribution in [0.3, 0.4) is 0 Å². The number of rotatable bonds is 5. The molecule has 0 fully saturated rings. The molecule has 3 rings (SSSR count). The Morgan fingerprint density at radius 3 is 2.86 bits per heavy atom. The highest BCUT2D eigenvalue weighted by atomic mass is 35.5. The van der Waals surface area contributed by atoms with E-state index < -0.39 is 0 Å². The number of ether oxygens (including phenoxy) is 1. The van der Waals surface area contributed by atoms with E-state index in [1.54, 1.807) is 13.3 Å². The number of methoxy groups -OCH3 is 1. The molecule has 4 nitrogen and oxygen atoms in total. The van der Waals surface area contributed by atoms with Crippen molar-refractivity contribution in [2.24, 2.45) is 0 Å². The largest absolute Gasteiger partial charge is 0.496 e. The Bertz CT molecular complexity index is 754. The van der Waals surface area contributed by atoms with E-state index in [0.29, 0.717) is 5.88 Å². The van der Waals surface area contributed by atoms with E-state index in [4.69, 9.17) is 16.3 Å². The lowest BCUT2D eigenvalue weighted by Gasteiger charge is -2.10. The van der Waals surface area contributed by atoms with E-state index in [2.05, 4.69) is 20.6 Å². The fourth-order valence-electron chi connectivity index (χ4n) is 2.48. The van der Waals surface area contributed by atoms with E-state index in [-0.39, 0.29) is 0 Å². The topological polar surface area (TPSA) is 39.9 Å². The zero-order valence-electron chi connectivity index (χ0n) is 11.8. The van der Waals surface area contributed by atoms with Gasteiger partial charge in [-0.1, -0.05) is 18.2 Å². The quantitative estimate of drug-likeness (QED) is 0.678. The summed E-state index contributed by atoms with van der Waals surface area (Å²) in [4.78, 5) is 8.94. The molecule has 2 heterocycles. The Labute approximate surface area is 128 Å². The number of alkyl halides is 1. The molecule has 21 heavy (non-hydrogen) atoms. The number of fused-ring (bicyclic) bond motifs is 1. The minimum atomic E-state index is 0.377. The van der Waals surface area contributed by atoms with Gasteiger partial charge in [-0.05, 0) is 30.2 Å².